The molecule has 0 saturated heterocycles. The van der Waals surface area contributed by atoms with Crippen LogP contribution in [0.3, 0.4) is 0 Å². The number of carbonyl (C=O) groups excluding carboxylic acids is 2. The summed E-state index contributed by atoms with van der Waals surface area (Å²) < 4.78 is 40.6. The van der Waals surface area contributed by atoms with Crippen molar-refractivity contribution < 1.29 is 27.9 Å². The molecule has 1 fully saturated rings. The van der Waals surface area contributed by atoms with Gasteiger partial charge in [0.2, 0.25) is 0 Å². The maximum Gasteiger partial charge on any atom is 0.433 e. The summed E-state index contributed by atoms with van der Waals surface area (Å²) in [6, 6.07) is 3.48. The van der Waals surface area contributed by atoms with Crippen molar-refractivity contribution in [1.29, 1.82) is 0 Å². The van der Waals surface area contributed by atoms with Gasteiger partial charge in [-0.15, -0.1) is 0 Å². The number of fused-ring (bicyclic) bond motifs is 1. The first-order chi connectivity index (χ1) is 14.6. The number of nitrogens with zero attached hydrogens (tertiary/aromatic N) is 4. The van der Waals surface area contributed by atoms with Crippen LogP contribution >= 0.6 is 0 Å². The lowest BCUT2D eigenvalue weighted by molar-refractivity contribution is -0.141. The van der Waals surface area contributed by atoms with Crippen molar-refractivity contribution in [3.05, 3.63) is 42.0 Å². The number of nitrogens with two attached hydrogens (primary N) is 1. The number of aromatic nitrogens is 4. The molecule has 11 heteroatoms. The number of primary amides is 1. The molecule has 1 amide bonds. The van der Waals surface area contributed by atoms with Gasteiger partial charge in [-0.3, -0.25) is 14.5 Å². The van der Waals surface area contributed by atoms with Gasteiger partial charge in [0.15, 0.2) is 6.29 Å². The van der Waals surface area contributed by atoms with Crippen molar-refractivity contribution in [2.45, 2.75) is 43.5 Å². The second kappa shape index (κ2) is 7.41. The molecule has 3 heterocycles. The van der Waals surface area contributed by atoms with Crippen molar-refractivity contribution >= 4 is 23.1 Å². The highest BCUT2D eigenvalue weighted by Crippen LogP contribution is 2.35. The molecule has 31 heavy (non-hydrogen) atoms. The Morgan fingerprint density at radius 2 is 2.00 bits per heavy atom. The van der Waals surface area contributed by atoms with Gasteiger partial charge in [-0.1, -0.05) is 0 Å². The third-order valence-corrected chi connectivity index (χ3v) is 5.52. The number of amides is 1. The smallest absolute Gasteiger partial charge is 0.382 e. The zero-order chi connectivity index (χ0) is 22.4. The number of halogens is 3. The topological polar surface area (TPSA) is 124 Å². The molecule has 3 N–H and O–H groups in total. The van der Waals surface area contributed by atoms with E-state index in [9.17, 15) is 27.9 Å². The first kappa shape index (κ1) is 20.9. The number of hydrogen-bond donors (Lipinski definition) is 2. The summed E-state index contributed by atoms with van der Waals surface area (Å²) in [7, 11) is 0. The van der Waals surface area contributed by atoms with Gasteiger partial charge in [0.1, 0.15) is 22.5 Å². The normalized spacial score (nSPS) is 21.9. The molecule has 0 atom stereocenters. The standard InChI is InChI=1S/C20H18F3N5O3/c21-20(22,23)16-2-1-13(17(26-16)18(24)30)14-7-11-9-28(27-15(11)8-25-14)12-3-5-19(31,10-29)6-4-12/h1-2,7-10,12,31H,3-6H2,(H2,24,30). The van der Waals surface area contributed by atoms with E-state index in [1.165, 1.54) is 6.20 Å². The van der Waals surface area contributed by atoms with Gasteiger partial charge in [-0.05, 0) is 43.9 Å². The predicted molar refractivity (Wildman–Crippen MR) is 103 cm³/mol. The van der Waals surface area contributed by atoms with Crippen LogP contribution in [0.5, 0.6) is 0 Å². The lowest BCUT2D eigenvalue weighted by atomic mass is 9.83. The highest BCUT2D eigenvalue weighted by Gasteiger charge is 2.35. The largest absolute Gasteiger partial charge is 0.433 e. The van der Waals surface area contributed by atoms with Crippen LogP contribution in [-0.2, 0) is 11.0 Å². The van der Waals surface area contributed by atoms with Gasteiger partial charge in [-0.25, -0.2) is 4.98 Å². The molecule has 1 saturated carbocycles. The monoisotopic (exact) mass is 433 g/mol. The lowest BCUT2D eigenvalue weighted by Crippen LogP contribution is -2.36. The van der Waals surface area contributed by atoms with Gasteiger partial charge in [0.05, 0.1) is 17.9 Å². The van der Waals surface area contributed by atoms with E-state index in [4.69, 9.17) is 5.73 Å². The third kappa shape index (κ3) is 4.00. The van der Waals surface area contributed by atoms with E-state index in [-0.39, 0.29) is 17.3 Å². The second-order valence-corrected chi connectivity index (χ2v) is 7.64. The Kier molecular flexibility index (Phi) is 5.00. The highest BCUT2D eigenvalue weighted by atomic mass is 19.4. The molecule has 3 aromatic rings. The fourth-order valence-electron chi connectivity index (χ4n) is 3.78. The first-order valence-electron chi connectivity index (χ1n) is 9.52. The Hall–Kier alpha value is -3.34. The average Bonchev–Trinajstić information content (AvgIpc) is 3.16. The van der Waals surface area contributed by atoms with E-state index in [2.05, 4.69) is 15.1 Å². The molecule has 1 aliphatic rings. The third-order valence-electron chi connectivity index (χ3n) is 5.52. The van der Waals surface area contributed by atoms with Gasteiger partial charge in [-0.2, -0.15) is 18.3 Å². The van der Waals surface area contributed by atoms with Crippen LogP contribution < -0.4 is 5.73 Å². The van der Waals surface area contributed by atoms with E-state index < -0.39 is 29.1 Å². The zero-order valence-electron chi connectivity index (χ0n) is 16.1. The molecule has 162 valence electrons. The first-order valence-corrected chi connectivity index (χ1v) is 9.52. The van der Waals surface area contributed by atoms with Gasteiger partial charge < -0.3 is 15.6 Å². The van der Waals surface area contributed by atoms with E-state index >= 15 is 0 Å². The minimum absolute atomic E-state index is 0.00927. The summed E-state index contributed by atoms with van der Waals surface area (Å²) in [5.41, 5.74) is 3.11. The SMILES string of the molecule is NC(=O)c1nc(C(F)(F)F)ccc1-c1cc2cn(C3CCC(O)(C=O)CC3)nc2cn1. The van der Waals surface area contributed by atoms with Crippen LogP contribution in [-0.4, -0.2) is 42.6 Å². The Balaban J connectivity index is 1.68. The van der Waals surface area contributed by atoms with Crippen LogP contribution in [0.25, 0.3) is 22.2 Å². The number of alkyl halides is 3. The molecular weight excluding hydrogens is 415 g/mol. The Labute approximate surface area is 173 Å². The lowest BCUT2D eigenvalue weighted by Gasteiger charge is -2.31. The molecule has 0 radical (unpaired) electrons. The van der Waals surface area contributed by atoms with E-state index in [0.29, 0.717) is 42.9 Å². The second-order valence-electron chi connectivity index (χ2n) is 7.64. The number of hydrogen-bond acceptors (Lipinski definition) is 6. The number of aldehydes is 1. The fraction of sp³-hybridized carbons (Fsp3) is 0.350. The number of carbonyl (C=O) groups is 2. The van der Waals surface area contributed by atoms with E-state index in [1.807, 2.05) is 0 Å². The number of rotatable bonds is 4. The van der Waals surface area contributed by atoms with Crippen LogP contribution in [0.2, 0.25) is 0 Å². The van der Waals surface area contributed by atoms with Crippen molar-refractivity contribution in [1.82, 2.24) is 19.7 Å². The minimum Gasteiger partial charge on any atom is -0.382 e. The summed E-state index contributed by atoms with van der Waals surface area (Å²) in [5.74, 6) is -1.09. The maximum absolute atomic E-state index is 12.9. The summed E-state index contributed by atoms with van der Waals surface area (Å²) in [6.07, 6.45) is 0.882. The van der Waals surface area contributed by atoms with Crippen molar-refractivity contribution in [2.75, 3.05) is 0 Å². The molecule has 0 spiro atoms. The molecule has 0 aromatic carbocycles. The fourth-order valence-corrected chi connectivity index (χ4v) is 3.78. The molecule has 4 rings (SSSR count). The Morgan fingerprint density at radius 3 is 2.61 bits per heavy atom. The van der Waals surface area contributed by atoms with Gasteiger partial charge >= 0.3 is 6.18 Å². The average molecular weight is 433 g/mol. The van der Waals surface area contributed by atoms with Crippen LogP contribution in [0.1, 0.15) is 47.9 Å². The molecule has 1 aliphatic carbocycles. The molecular formula is C20H18F3N5O3. The molecule has 0 bridgehead atoms. The van der Waals surface area contributed by atoms with Crippen LogP contribution in [0, 0.1) is 0 Å². The molecule has 0 unspecified atom stereocenters. The van der Waals surface area contributed by atoms with Crippen molar-refractivity contribution in [2.24, 2.45) is 5.73 Å². The summed E-state index contributed by atoms with van der Waals surface area (Å²) in [6.45, 7) is 0. The summed E-state index contributed by atoms with van der Waals surface area (Å²) in [5, 5.41) is 15.2. The Bertz CT molecular complexity index is 1170. The number of pyridine rings is 2. The van der Waals surface area contributed by atoms with E-state index in [1.54, 1.807) is 16.9 Å². The summed E-state index contributed by atoms with van der Waals surface area (Å²) in [4.78, 5) is 30.3. The predicted octanol–water partition coefficient (Wildman–Crippen LogP) is 2.66. The van der Waals surface area contributed by atoms with E-state index in [0.717, 1.165) is 12.1 Å². The Morgan fingerprint density at radius 1 is 1.29 bits per heavy atom. The van der Waals surface area contributed by atoms with Gasteiger partial charge in [0.25, 0.3) is 5.91 Å². The summed E-state index contributed by atoms with van der Waals surface area (Å²) >= 11 is 0. The van der Waals surface area contributed by atoms with Crippen molar-refractivity contribution in [3.63, 3.8) is 0 Å². The van der Waals surface area contributed by atoms with Crippen molar-refractivity contribution in [3.8, 4) is 11.3 Å². The van der Waals surface area contributed by atoms with Crippen LogP contribution in [0.15, 0.2) is 30.6 Å². The quantitative estimate of drug-likeness (QED) is 0.610. The molecule has 8 nitrogen and oxygen atoms in total. The zero-order valence-corrected chi connectivity index (χ0v) is 16.1. The maximum atomic E-state index is 12.9. The van der Waals surface area contributed by atoms with Gasteiger partial charge in [0, 0.05) is 17.1 Å². The highest BCUT2D eigenvalue weighted by molar-refractivity contribution is 5.98. The van der Waals surface area contributed by atoms with Crippen LogP contribution in [0.4, 0.5) is 13.2 Å². The molecule has 0 aliphatic heterocycles. The molecule has 3 aromatic heterocycles. The number of aliphatic hydroxyl groups is 1. The minimum atomic E-state index is -4.71.